The molecule has 0 fully saturated rings. The van der Waals surface area contributed by atoms with Gasteiger partial charge in [-0.1, -0.05) is 46.3 Å². The summed E-state index contributed by atoms with van der Waals surface area (Å²) in [6.45, 7) is 0. The summed E-state index contributed by atoms with van der Waals surface area (Å²) in [4.78, 5) is 0. The molecule has 0 saturated carbocycles. The standard InChI is InChI=1S/C15H14BrClO/c16-13-8-6-12(7-9-13)15(10-11-17)18-14-4-2-1-3-5-14/h1-9,15H,10-11H2. The van der Waals surface area contributed by atoms with Crippen molar-refractivity contribution in [3.8, 4) is 5.75 Å². The van der Waals surface area contributed by atoms with Crippen LogP contribution in [0.1, 0.15) is 18.1 Å². The Morgan fingerprint density at radius 1 is 1.00 bits per heavy atom. The van der Waals surface area contributed by atoms with Gasteiger partial charge in [-0.25, -0.2) is 0 Å². The maximum atomic E-state index is 5.98. The van der Waals surface area contributed by atoms with Crippen LogP contribution in [-0.2, 0) is 0 Å². The quantitative estimate of drug-likeness (QED) is 0.687. The first-order valence-electron chi connectivity index (χ1n) is 5.83. The summed E-state index contributed by atoms with van der Waals surface area (Å²) in [5.41, 5.74) is 1.14. The number of halogens is 2. The number of hydrogen-bond acceptors (Lipinski definition) is 1. The van der Waals surface area contributed by atoms with E-state index in [0.29, 0.717) is 5.88 Å². The third kappa shape index (κ3) is 3.76. The molecule has 0 bridgehead atoms. The number of para-hydroxylation sites is 1. The van der Waals surface area contributed by atoms with Crippen molar-refractivity contribution in [2.75, 3.05) is 5.88 Å². The summed E-state index contributed by atoms with van der Waals surface area (Å²) in [5.74, 6) is 1.45. The molecular weight excluding hydrogens is 312 g/mol. The molecule has 0 N–H and O–H groups in total. The minimum Gasteiger partial charge on any atom is -0.486 e. The molecule has 2 aromatic carbocycles. The fraction of sp³-hybridized carbons (Fsp3) is 0.200. The minimum absolute atomic E-state index is 0.00185. The Labute approximate surface area is 121 Å². The van der Waals surface area contributed by atoms with E-state index in [1.807, 2.05) is 42.5 Å². The molecule has 0 aliphatic carbocycles. The normalized spacial score (nSPS) is 12.1. The summed E-state index contributed by atoms with van der Waals surface area (Å²) in [6.07, 6.45) is 0.788. The minimum atomic E-state index is -0.00185. The van der Waals surface area contributed by atoms with Crippen molar-refractivity contribution in [2.45, 2.75) is 12.5 Å². The summed E-state index contributed by atoms with van der Waals surface area (Å²) in [6, 6.07) is 18.0. The molecule has 1 atom stereocenters. The van der Waals surface area contributed by atoms with Gasteiger partial charge in [-0.3, -0.25) is 0 Å². The molecule has 0 aromatic heterocycles. The van der Waals surface area contributed by atoms with Crippen molar-refractivity contribution in [2.24, 2.45) is 0 Å². The Morgan fingerprint density at radius 2 is 1.67 bits per heavy atom. The highest BCUT2D eigenvalue weighted by molar-refractivity contribution is 9.10. The average Bonchev–Trinajstić information content (AvgIpc) is 2.40. The maximum Gasteiger partial charge on any atom is 0.125 e. The molecule has 0 amide bonds. The second-order valence-corrected chi connectivity index (χ2v) is 5.24. The molecular formula is C15H14BrClO. The van der Waals surface area contributed by atoms with E-state index in [9.17, 15) is 0 Å². The number of benzene rings is 2. The molecule has 94 valence electrons. The highest BCUT2D eigenvalue weighted by atomic mass is 79.9. The van der Waals surface area contributed by atoms with Gasteiger partial charge in [-0.05, 0) is 29.8 Å². The van der Waals surface area contributed by atoms with E-state index in [1.165, 1.54) is 0 Å². The summed E-state index contributed by atoms with van der Waals surface area (Å²) in [7, 11) is 0. The molecule has 1 unspecified atom stereocenters. The van der Waals surface area contributed by atoms with Crippen LogP contribution in [0.3, 0.4) is 0 Å². The van der Waals surface area contributed by atoms with Crippen LogP contribution in [0.15, 0.2) is 59.1 Å². The second kappa shape index (κ2) is 6.81. The zero-order valence-electron chi connectivity index (χ0n) is 9.85. The van der Waals surface area contributed by atoms with E-state index in [-0.39, 0.29) is 6.10 Å². The van der Waals surface area contributed by atoms with E-state index in [2.05, 4.69) is 28.1 Å². The molecule has 1 nitrogen and oxygen atoms in total. The van der Waals surface area contributed by atoms with Crippen LogP contribution in [0.4, 0.5) is 0 Å². The van der Waals surface area contributed by atoms with Gasteiger partial charge >= 0.3 is 0 Å². The molecule has 0 aliphatic rings. The average molecular weight is 326 g/mol. The van der Waals surface area contributed by atoms with Gasteiger partial charge in [0.15, 0.2) is 0 Å². The maximum absolute atomic E-state index is 5.98. The number of rotatable bonds is 5. The summed E-state index contributed by atoms with van der Waals surface area (Å²) < 4.78 is 7.05. The van der Waals surface area contributed by atoms with Gasteiger partial charge in [-0.15, -0.1) is 11.6 Å². The predicted molar refractivity (Wildman–Crippen MR) is 79.3 cm³/mol. The fourth-order valence-corrected chi connectivity index (χ4v) is 2.20. The Hall–Kier alpha value is -0.990. The van der Waals surface area contributed by atoms with Crippen molar-refractivity contribution in [1.82, 2.24) is 0 Å². The Balaban J connectivity index is 2.15. The molecule has 0 spiro atoms. The van der Waals surface area contributed by atoms with E-state index in [0.717, 1.165) is 22.2 Å². The van der Waals surface area contributed by atoms with Crippen LogP contribution in [0.5, 0.6) is 5.75 Å². The Bertz CT molecular complexity index is 470. The van der Waals surface area contributed by atoms with Crippen molar-refractivity contribution in [1.29, 1.82) is 0 Å². The summed E-state index contributed by atoms with van der Waals surface area (Å²) >= 11 is 9.29. The highest BCUT2D eigenvalue weighted by Crippen LogP contribution is 2.26. The van der Waals surface area contributed by atoms with Crippen LogP contribution in [0.25, 0.3) is 0 Å². The van der Waals surface area contributed by atoms with E-state index < -0.39 is 0 Å². The highest BCUT2D eigenvalue weighted by Gasteiger charge is 2.12. The van der Waals surface area contributed by atoms with Crippen LogP contribution < -0.4 is 4.74 Å². The number of hydrogen-bond donors (Lipinski definition) is 0. The molecule has 18 heavy (non-hydrogen) atoms. The molecule has 0 heterocycles. The second-order valence-electron chi connectivity index (χ2n) is 3.95. The van der Waals surface area contributed by atoms with Crippen LogP contribution in [0, 0.1) is 0 Å². The van der Waals surface area contributed by atoms with Gasteiger partial charge in [-0.2, -0.15) is 0 Å². The topological polar surface area (TPSA) is 9.23 Å². The van der Waals surface area contributed by atoms with E-state index in [4.69, 9.17) is 16.3 Å². The molecule has 2 aromatic rings. The van der Waals surface area contributed by atoms with E-state index >= 15 is 0 Å². The Morgan fingerprint density at radius 3 is 2.28 bits per heavy atom. The molecule has 0 radical (unpaired) electrons. The molecule has 3 heteroatoms. The van der Waals surface area contributed by atoms with Gasteiger partial charge in [0.05, 0.1) is 0 Å². The van der Waals surface area contributed by atoms with Crippen molar-refractivity contribution in [3.63, 3.8) is 0 Å². The fourth-order valence-electron chi connectivity index (χ4n) is 1.73. The lowest BCUT2D eigenvalue weighted by atomic mass is 10.1. The smallest absolute Gasteiger partial charge is 0.125 e. The lowest BCUT2D eigenvalue weighted by Gasteiger charge is -2.18. The van der Waals surface area contributed by atoms with Gasteiger partial charge < -0.3 is 4.74 Å². The Kier molecular flexibility index (Phi) is 5.09. The molecule has 2 rings (SSSR count). The van der Waals surface area contributed by atoms with Crippen molar-refractivity contribution in [3.05, 3.63) is 64.6 Å². The molecule has 0 aliphatic heterocycles. The van der Waals surface area contributed by atoms with Crippen LogP contribution in [-0.4, -0.2) is 5.88 Å². The van der Waals surface area contributed by atoms with Crippen molar-refractivity contribution < 1.29 is 4.74 Å². The van der Waals surface area contributed by atoms with Crippen LogP contribution >= 0.6 is 27.5 Å². The van der Waals surface area contributed by atoms with Gasteiger partial charge in [0.2, 0.25) is 0 Å². The van der Waals surface area contributed by atoms with Gasteiger partial charge in [0.1, 0.15) is 11.9 Å². The zero-order valence-corrected chi connectivity index (χ0v) is 12.2. The van der Waals surface area contributed by atoms with Gasteiger partial charge in [0, 0.05) is 16.8 Å². The lowest BCUT2D eigenvalue weighted by molar-refractivity contribution is 0.202. The van der Waals surface area contributed by atoms with Crippen molar-refractivity contribution >= 4 is 27.5 Å². The zero-order chi connectivity index (χ0) is 12.8. The first-order valence-corrected chi connectivity index (χ1v) is 7.15. The van der Waals surface area contributed by atoms with E-state index in [1.54, 1.807) is 0 Å². The monoisotopic (exact) mass is 324 g/mol. The number of alkyl halides is 1. The third-order valence-electron chi connectivity index (χ3n) is 2.63. The molecule has 0 saturated heterocycles. The predicted octanol–water partition coefficient (Wildman–Crippen LogP) is 5.20. The first kappa shape index (κ1) is 13.4. The third-order valence-corrected chi connectivity index (χ3v) is 3.38. The lowest BCUT2D eigenvalue weighted by Crippen LogP contribution is -2.08. The number of ether oxygens (including phenoxy) is 1. The van der Waals surface area contributed by atoms with Crippen LogP contribution in [0.2, 0.25) is 0 Å². The van der Waals surface area contributed by atoms with Gasteiger partial charge in [0.25, 0.3) is 0 Å². The first-order chi connectivity index (χ1) is 8.79. The SMILES string of the molecule is ClCCC(Oc1ccccc1)c1ccc(Br)cc1. The summed E-state index contributed by atoms with van der Waals surface area (Å²) in [5, 5.41) is 0. The largest absolute Gasteiger partial charge is 0.486 e.